The molecule has 78 valence electrons. The van der Waals surface area contributed by atoms with Crippen molar-refractivity contribution in [2.24, 2.45) is 0 Å². The summed E-state index contributed by atoms with van der Waals surface area (Å²) in [4.78, 5) is 15.3. The zero-order chi connectivity index (χ0) is 10.4. The average Bonchev–Trinajstić information content (AvgIpc) is 2.66. The molecule has 1 rings (SSSR count). The van der Waals surface area contributed by atoms with Gasteiger partial charge in [-0.2, -0.15) is 5.10 Å². The molecule has 1 atom stereocenters. The first-order valence-corrected chi connectivity index (χ1v) is 5.34. The zero-order valence-corrected chi connectivity index (χ0v) is 9.00. The Labute approximate surface area is 86.6 Å². The third kappa shape index (κ3) is 3.02. The number of carbonyl (C=O) groups excluding carboxylic acids is 1. The van der Waals surface area contributed by atoms with Crippen molar-refractivity contribution in [2.45, 2.75) is 30.7 Å². The summed E-state index contributed by atoms with van der Waals surface area (Å²) in [5.74, 6) is -0.198. The molecule has 0 aliphatic heterocycles. The van der Waals surface area contributed by atoms with Gasteiger partial charge in [0.25, 0.3) is 0 Å². The predicted octanol–water partition coefficient (Wildman–Crippen LogP) is 1.24. The van der Waals surface area contributed by atoms with E-state index in [0.717, 1.165) is 0 Å². The standard InChI is InChI=1S/C8H13N3O2S/c1-3-6(7(12)13-4-2)14-8-9-5-10-11-8/h5-6H,3-4H2,1-2H3,(H,9,10,11). The molecule has 0 aromatic carbocycles. The largest absolute Gasteiger partial charge is 0.465 e. The minimum atomic E-state index is -0.206. The highest BCUT2D eigenvalue weighted by Crippen LogP contribution is 2.22. The lowest BCUT2D eigenvalue weighted by Gasteiger charge is -2.10. The number of hydrogen-bond donors (Lipinski definition) is 1. The lowest BCUT2D eigenvalue weighted by atomic mass is 10.3. The minimum Gasteiger partial charge on any atom is -0.465 e. The van der Waals surface area contributed by atoms with Crippen LogP contribution in [0.2, 0.25) is 0 Å². The Kier molecular flexibility index (Phi) is 4.45. The molecule has 1 aromatic rings. The predicted molar refractivity (Wildman–Crippen MR) is 53.0 cm³/mol. The van der Waals surface area contributed by atoms with Crippen LogP contribution in [0.1, 0.15) is 20.3 Å². The number of ether oxygens (including phenoxy) is 1. The highest BCUT2D eigenvalue weighted by Gasteiger charge is 2.20. The van der Waals surface area contributed by atoms with Crippen LogP contribution in [0.5, 0.6) is 0 Å². The maximum absolute atomic E-state index is 11.4. The van der Waals surface area contributed by atoms with E-state index in [1.807, 2.05) is 6.92 Å². The second-order valence-electron chi connectivity index (χ2n) is 2.56. The van der Waals surface area contributed by atoms with Gasteiger partial charge in [0.05, 0.1) is 6.61 Å². The monoisotopic (exact) mass is 215 g/mol. The summed E-state index contributed by atoms with van der Waals surface area (Å²) in [6.07, 6.45) is 2.13. The van der Waals surface area contributed by atoms with Crippen LogP contribution in [-0.4, -0.2) is 33.0 Å². The smallest absolute Gasteiger partial charge is 0.319 e. The van der Waals surface area contributed by atoms with Crippen molar-refractivity contribution in [2.75, 3.05) is 6.61 Å². The molecule has 0 aliphatic rings. The fourth-order valence-electron chi connectivity index (χ4n) is 0.919. The first-order valence-electron chi connectivity index (χ1n) is 4.46. The summed E-state index contributed by atoms with van der Waals surface area (Å²) in [5, 5.41) is 6.84. The molecular weight excluding hydrogens is 202 g/mol. The summed E-state index contributed by atoms with van der Waals surface area (Å²) in [7, 11) is 0. The summed E-state index contributed by atoms with van der Waals surface area (Å²) < 4.78 is 4.92. The van der Waals surface area contributed by atoms with Gasteiger partial charge in [0, 0.05) is 0 Å². The van der Waals surface area contributed by atoms with Crippen molar-refractivity contribution in [1.29, 1.82) is 0 Å². The molecule has 0 saturated heterocycles. The highest BCUT2D eigenvalue weighted by atomic mass is 32.2. The van der Waals surface area contributed by atoms with Gasteiger partial charge in [-0.1, -0.05) is 18.7 Å². The Morgan fingerprint density at radius 3 is 3.00 bits per heavy atom. The van der Waals surface area contributed by atoms with Gasteiger partial charge >= 0.3 is 5.97 Å². The van der Waals surface area contributed by atoms with E-state index in [1.165, 1.54) is 18.1 Å². The third-order valence-electron chi connectivity index (χ3n) is 1.57. The summed E-state index contributed by atoms with van der Waals surface area (Å²) in [5.41, 5.74) is 0. The fraction of sp³-hybridized carbons (Fsp3) is 0.625. The van der Waals surface area contributed by atoms with Gasteiger partial charge < -0.3 is 4.74 Å². The fourth-order valence-corrected chi connectivity index (χ4v) is 1.73. The summed E-state index contributed by atoms with van der Waals surface area (Å²) in [6, 6.07) is 0. The molecule has 0 bridgehead atoms. The van der Waals surface area contributed by atoms with E-state index in [-0.39, 0.29) is 11.2 Å². The van der Waals surface area contributed by atoms with Crippen molar-refractivity contribution in [3.8, 4) is 0 Å². The molecule has 1 N–H and O–H groups in total. The van der Waals surface area contributed by atoms with Gasteiger partial charge in [-0.05, 0) is 13.3 Å². The van der Waals surface area contributed by atoms with Crippen LogP contribution in [0.15, 0.2) is 11.5 Å². The van der Waals surface area contributed by atoms with Crippen molar-refractivity contribution in [3.05, 3.63) is 6.33 Å². The second-order valence-corrected chi connectivity index (χ2v) is 3.75. The number of esters is 1. The van der Waals surface area contributed by atoms with Crippen molar-refractivity contribution < 1.29 is 9.53 Å². The van der Waals surface area contributed by atoms with Crippen molar-refractivity contribution in [1.82, 2.24) is 15.2 Å². The number of thioether (sulfide) groups is 1. The maximum atomic E-state index is 11.4. The Morgan fingerprint density at radius 2 is 2.50 bits per heavy atom. The van der Waals surface area contributed by atoms with E-state index < -0.39 is 0 Å². The minimum absolute atomic E-state index is 0.198. The van der Waals surface area contributed by atoms with E-state index in [1.54, 1.807) is 6.92 Å². The maximum Gasteiger partial charge on any atom is 0.319 e. The van der Waals surface area contributed by atoms with Crippen molar-refractivity contribution >= 4 is 17.7 Å². The number of carbonyl (C=O) groups is 1. The van der Waals surface area contributed by atoms with Gasteiger partial charge in [-0.3, -0.25) is 9.89 Å². The molecule has 1 heterocycles. The highest BCUT2D eigenvalue weighted by molar-refractivity contribution is 8.00. The second kappa shape index (κ2) is 5.64. The molecule has 6 heteroatoms. The number of nitrogens with one attached hydrogen (secondary N) is 1. The number of hydrogen-bond acceptors (Lipinski definition) is 5. The first-order chi connectivity index (χ1) is 6.77. The molecule has 1 unspecified atom stereocenters. The Morgan fingerprint density at radius 1 is 1.71 bits per heavy atom. The molecule has 0 saturated carbocycles. The van der Waals surface area contributed by atoms with Gasteiger partial charge in [0.2, 0.25) is 0 Å². The van der Waals surface area contributed by atoms with Crippen LogP contribution >= 0.6 is 11.8 Å². The van der Waals surface area contributed by atoms with Crippen LogP contribution in [-0.2, 0) is 9.53 Å². The topological polar surface area (TPSA) is 67.9 Å². The number of rotatable bonds is 5. The first kappa shape index (κ1) is 11.0. The van der Waals surface area contributed by atoms with E-state index in [2.05, 4.69) is 15.2 Å². The van der Waals surface area contributed by atoms with Crippen LogP contribution in [0.25, 0.3) is 0 Å². The number of nitrogens with zero attached hydrogens (tertiary/aromatic N) is 2. The van der Waals surface area contributed by atoms with E-state index in [0.29, 0.717) is 18.2 Å². The molecule has 14 heavy (non-hydrogen) atoms. The van der Waals surface area contributed by atoms with Crippen LogP contribution in [0.3, 0.4) is 0 Å². The van der Waals surface area contributed by atoms with Gasteiger partial charge in [-0.25, -0.2) is 4.98 Å². The van der Waals surface area contributed by atoms with E-state index in [9.17, 15) is 4.79 Å². The van der Waals surface area contributed by atoms with Gasteiger partial charge in [0.1, 0.15) is 11.6 Å². The van der Waals surface area contributed by atoms with E-state index >= 15 is 0 Å². The Hall–Kier alpha value is -1.04. The van der Waals surface area contributed by atoms with Crippen molar-refractivity contribution in [3.63, 3.8) is 0 Å². The molecule has 0 radical (unpaired) electrons. The number of aromatic amines is 1. The third-order valence-corrected chi connectivity index (χ3v) is 2.80. The molecule has 5 nitrogen and oxygen atoms in total. The van der Waals surface area contributed by atoms with Crippen LogP contribution < -0.4 is 0 Å². The number of H-pyrrole nitrogens is 1. The molecule has 0 aliphatic carbocycles. The lowest BCUT2D eigenvalue weighted by molar-refractivity contribution is -0.142. The SMILES string of the molecule is CCOC(=O)C(CC)Sc1ncn[nH]1. The summed E-state index contributed by atoms with van der Waals surface area (Å²) >= 11 is 1.34. The molecule has 0 amide bonds. The molecule has 1 aromatic heterocycles. The zero-order valence-electron chi connectivity index (χ0n) is 8.19. The lowest BCUT2D eigenvalue weighted by Crippen LogP contribution is -2.19. The molecule has 0 fully saturated rings. The molecule has 0 spiro atoms. The van der Waals surface area contributed by atoms with E-state index in [4.69, 9.17) is 4.74 Å². The Balaban J connectivity index is 2.50. The summed E-state index contributed by atoms with van der Waals surface area (Å²) in [6.45, 7) is 4.14. The molecular formula is C8H13N3O2S. The van der Waals surface area contributed by atoms with Crippen LogP contribution in [0, 0.1) is 0 Å². The number of aromatic nitrogens is 3. The van der Waals surface area contributed by atoms with Crippen LogP contribution in [0.4, 0.5) is 0 Å². The quantitative estimate of drug-likeness (QED) is 0.591. The van der Waals surface area contributed by atoms with Gasteiger partial charge in [-0.15, -0.1) is 0 Å². The normalized spacial score (nSPS) is 12.4. The van der Waals surface area contributed by atoms with Gasteiger partial charge in [0.15, 0.2) is 5.16 Å². The average molecular weight is 215 g/mol. The Bertz CT molecular complexity index is 276.